The maximum atomic E-state index is 13.9. The molecular weight excluding hydrogens is 373 g/mol. The molecule has 0 aromatic carbocycles. The third kappa shape index (κ3) is 3.29. The molecular formula is C20H22FN7O. The van der Waals surface area contributed by atoms with Crippen LogP contribution in [0.25, 0.3) is 17.0 Å². The molecule has 2 atom stereocenters. The van der Waals surface area contributed by atoms with E-state index < -0.39 is 6.17 Å². The average molecular weight is 395 g/mol. The van der Waals surface area contributed by atoms with Crippen LogP contribution in [0.1, 0.15) is 37.3 Å². The van der Waals surface area contributed by atoms with Crippen molar-refractivity contribution < 1.29 is 9.13 Å². The highest BCUT2D eigenvalue weighted by Crippen LogP contribution is 2.44. The Kier molecular flexibility index (Phi) is 3.90. The Bertz CT molecular complexity index is 1060. The van der Waals surface area contributed by atoms with Crippen LogP contribution in [0.5, 0.6) is 5.75 Å². The van der Waals surface area contributed by atoms with Crippen molar-refractivity contribution in [1.29, 1.82) is 0 Å². The summed E-state index contributed by atoms with van der Waals surface area (Å²) in [7, 11) is 0. The van der Waals surface area contributed by atoms with E-state index in [2.05, 4.69) is 25.6 Å². The van der Waals surface area contributed by atoms with Crippen LogP contribution in [0, 0.1) is 0 Å². The molecule has 8 nitrogen and oxygen atoms in total. The third-order valence-electron chi connectivity index (χ3n) is 5.64. The highest BCUT2D eigenvalue weighted by molar-refractivity contribution is 5.61. The van der Waals surface area contributed by atoms with E-state index in [1.807, 2.05) is 16.6 Å². The van der Waals surface area contributed by atoms with E-state index in [4.69, 9.17) is 9.84 Å². The lowest BCUT2D eigenvalue weighted by Crippen LogP contribution is -2.30. The summed E-state index contributed by atoms with van der Waals surface area (Å²) < 4.78 is 21.8. The Morgan fingerprint density at radius 2 is 2.07 bits per heavy atom. The largest absolute Gasteiger partial charge is 0.488 e. The summed E-state index contributed by atoms with van der Waals surface area (Å²) in [5.41, 5.74) is 3.22. The Morgan fingerprint density at radius 1 is 1.17 bits per heavy atom. The summed E-state index contributed by atoms with van der Waals surface area (Å²) in [5, 5.41) is 11.0. The maximum absolute atomic E-state index is 13.9. The molecule has 1 unspecified atom stereocenters. The second kappa shape index (κ2) is 6.62. The Balaban J connectivity index is 1.35. The van der Waals surface area contributed by atoms with Crippen LogP contribution in [-0.2, 0) is 0 Å². The first-order valence-corrected chi connectivity index (χ1v) is 10.2. The lowest BCUT2D eigenvalue weighted by Gasteiger charge is -2.14. The fourth-order valence-electron chi connectivity index (χ4n) is 3.71. The number of halogens is 1. The number of ether oxygens (including phenoxy) is 1. The van der Waals surface area contributed by atoms with E-state index in [0.717, 1.165) is 48.5 Å². The van der Waals surface area contributed by atoms with Gasteiger partial charge in [0.05, 0.1) is 24.0 Å². The Hall–Kier alpha value is -2.81. The summed E-state index contributed by atoms with van der Waals surface area (Å²) in [6.45, 7) is 0.907. The number of anilines is 1. The van der Waals surface area contributed by atoms with Gasteiger partial charge in [-0.25, -0.2) is 23.9 Å². The molecule has 150 valence electrons. The van der Waals surface area contributed by atoms with Gasteiger partial charge in [-0.15, -0.1) is 0 Å². The van der Waals surface area contributed by atoms with Gasteiger partial charge in [-0.3, -0.25) is 0 Å². The number of nitrogens with one attached hydrogen (secondary N) is 2. The van der Waals surface area contributed by atoms with Gasteiger partial charge in [0.15, 0.2) is 5.65 Å². The number of nitrogens with zero attached hydrogens (tertiary/aromatic N) is 5. The molecule has 3 fully saturated rings. The lowest BCUT2D eigenvalue weighted by molar-refractivity contribution is 0.297. The molecule has 0 bridgehead atoms. The van der Waals surface area contributed by atoms with Crippen molar-refractivity contribution >= 4 is 11.6 Å². The van der Waals surface area contributed by atoms with Gasteiger partial charge in [-0.1, -0.05) is 0 Å². The molecule has 1 aliphatic heterocycles. The molecule has 0 spiro atoms. The summed E-state index contributed by atoms with van der Waals surface area (Å²) in [6.07, 6.45) is 7.32. The van der Waals surface area contributed by atoms with E-state index in [1.54, 1.807) is 12.4 Å². The predicted molar refractivity (Wildman–Crippen MR) is 105 cm³/mol. The maximum Gasteiger partial charge on any atom is 0.223 e. The van der Waals surface area contributed by atoms with Crippen molar-refractivity contribution in [2.45, 2.75) is 49.9 Å². The van der Waals surface area contributed by atoms with E-state index in [9.17, 15) is 4.39 Å². The molecule has 3 aromatic heterocycles. The zero-order chi connectivity index (χ0) is 19.4. The summed E-state index contributed by atoms with van der Waals surface area (Å²) in [6, 6.07) is 3.48. The molecule has 0 amide bonds. The fraction of sp³-hybridized carbons (Fsp3) is 0.500. The first kappa shape index (κ1) is 17.1. The van der Waals surface area contributed by atoms with E-state index in [0.29, 0.717) is 36.8 Å². The number of aromatic nitrogens is 5. The quantitative estimate of drug-likeness (QED) is 0.662. The number of alkyl halides is 1. The molecule has 2 N–H and O–H groups in total. The summed E-state index contributed by atoms with van der Waals surface area (Å²) >= 11 is 0. The monoisotopic (exact) mass is 395 g/mol. The molecule has 3 aromatic rings. The van der Waals surface area contributed by atoms with Gasteiger partial charge in [0, 0.05) is 31.3 Å². The number of hydrogen-bond acceptors (Lipinski definition) is 7. The predicted octanol–water partition coefficient (Wildman–Crippen LogP) is 2.33. The van der Waals surface area contributed by atoms with Crippen LogP contribution in [0.4, 0.5) is 10.3 Å². The second-order valence-corrected chi connectivity index (χ2v) is 8.09. The molecule has 4 heterocycles. The third-order valence-corrected chi connectivity index (χ3v) is 5.64. The first-order chi connectivity index (χ1) is 14.2. The van der Waals surface area contributed by atoms with Gasteiger partial charge < -0.3 is 15.4 Å². The SMILES string of the molecule is F[C@@H]1CNCC1Nc1nccc(-c2cnc3cc(OC4CC4)c(C4CC4)nn23)n1. The van der Waals surface area contributed by atoms with Gasteiger partial charge in [0.2, 0.25) is 5.95 Å². The highest BCUT2D eigenvalue weighted by Gasteiger charge is 2.33. The van der Waals surface area contributed by atoms with Gasteiger partial charge in [-0.2, -0.15) is 5.10 Å². The van der Waals surface area contributed by atoms with Crippen LogP contribution < -0.4 is 15.4 Å². The molecule has 2 aliphatic carbocycles. The Labute approximate surface area is 166 Å². The van der Waals surface area contributed by atoms with E-state index in [1.165, 1.54) is 0 Å². The molecule has 2 saturated carbocycles. The molecule has 3 aliphatic rings. The second-order valence-electron chi connectivity index (χ2n) is 8.09. The van der Waals surface area contributed by atoms with Crippen molar-refractivity contribution in [3.63, 3.8) is 0 Å². The van der Waals surface area contributed by atoms with Crippen LogP contribution in [-0.4, -0.2) is 56.0 Å². The summed E-state index contributed by atoms with van der Waals surface area (Å²) in [5.74, 6) is 1.74. The zero-order valence-corrected chi connectivity index (χ0v) is 15.9. The van der Waals surface area contributed by atoms with E-state index >= 15 is 0 Å². The van der Waals surface area contributed by atoms with Crippen molar-refractivity contribution in [3.8, 4) is 17.1 Å². The fourth-order valence-corrected chi connectivity index (χ4v) is 3.71. The number of hydrogen-bond donors (Lipinski definition) is 2. The Morgan fingerprint density at radius 3 is 2.83 bits per heavy atom. The van der Waals surface area contributed by atoms with Crippen molar-refractivity contribution in [2.24, 2.45) is 0 Å². The topological polar surface area (TPSA) is 89.3 Å². The number of imidazole rings is 1. The number of fused-ring (bicyclic) bond motifs is 1. The molecule has 1 saturated heterocycles. The van der Waals surface area contributed by atoms with Crippen molar-refractivity contribution in [1.82, 2.24) is 29.9 Å². The van der Waals surface area contributed by atoms with Crippen LogP contribution in [0.15, 0.2) is 24.5 Å². The van der Waals surface area contributed by atoms with Crippen molar-refractivity contribution in [3.05, 3.63) is 30.2 Å². The van der Waals surface area contributed by atoms with Crippen LogP contribution >= 0.6 is 0 Å². The average Bonchev–Trinajstić information content (AvgIpc) is 3.65. The van der Waals surface area contributed by atoms with Crippen molar-refractivity contribution in [2.75, 3.05) is 18.4 Å². The molecule has 6 rings (SSSR count). The zero-order valence-electron chi connectivity index (χ0n) is 15.9. The first-order valence-electron chi connectivity index (χ1n) is 10.2. The smallest absolute Gasteiger partial charge is 0.223 e. The lowest BCUT2D eigenvalue weighted by atomic mass is 10.2. The minimum absolute atomic E-state index is 0.325. The highest BCUT2D eigenvalue weighted by atomic mass is 19.1. The minimum Gasteiger partial charge on any atom is -0.488 e. The van der Waals surface area contributed by atoms with E-state index in [-0.39, 0.29) is 6.04 Å². The standard InChI is InChI=1S/C20H22FN7O/c21-13-8-22-9-15(13)26-20-23-6-5-14(25-20)16-10-24-18-7-17(29-12-3-4-12)19(11-1-2-11)27-28(16)18/h5-7,10-13,15,22H,1-4,8-9H2,(H,23,25,26)/t13-,15?/m1/s1. The van der Waals surface area contributed by atoms with Gasteiger partial charge in [-0.05, 0) is 31.7 Å². The number of rotatable bonds is 6. The molecule has 9 heteroatoms. The van der Waals surface area contributed by atoms with Gasteiger partial charge in [0.25, 0.3) is 0 Å². The minimum atomic E-state index is -0.953. The van der Waals surface area contributed by atoms with Gasteiger partial charge >= 0.3 is 0 Å². The molecule has 29 heavy (non-hydrogen) atoms. The summed E-state index contributed by atoms with van der Waals surface area (Å²) in [4.78, 5) is 13.4. The normalized spacial score (nSPS) is 24.2. The van der Waals surface area contributed by atoms with Crippen LogP contribution in [0.2, 0.25) is 0 Å². The van der Waals surface area contributed by atoms with Gasteiger partial charge in [0.1, 0.15) is 23.3 Å². The van der Waals surface area contributed by atoms with Crippen LogP contribution in [0.3, 0.4) is 0 Å². The molecule has 0 radical (unpaired) electrons.